The first kappa shape index (κ1) is 33.3. The number of amidine groups is 2. The van der Waals surface area contributed by atoms with Crippen molar-refractivity contribution in [3.63, 3.8) is 0 Å². The van der Waals surface area contributed by atoms with Gasteiger partial charge >= 0.3 is 0 Å². The Morgan fingerprint density at radius 1 is 0.553 bits per heavy atom. The zero-order valence-electron chi connectivity index (χ0n) is 23.5. The third kappa shape index (κ3) is 14.3. The van der Waals surface area contributed by atoms with Crippen LogP contribution >= 0.6 is 12.4 Å². The summed E-state index contributed by atoms with van der Waals surface area (Å²) in [5, 5.41) is 0. The Morgan fingerprint density at radius 3 is 1.29 bits per heavy atom. The lowest BCUT2D eigenvalue weighted by Gasteiger charge is -2.09. The summed E-state index contributed by atoms with van der Waals surface area (Å²) >= 11 is 0. The van der Waals surface area contributed by atoms with Crippen LogP contribution in [0, 0.1) is 0 Å². The molecule has 2 aromatic rings. The molecule has 0 amide bonds. The van der Waals surface area contributed by atoms with Crippen molar-refractivity contribution >= 4 is 24.1 Å². The first-order chi connectivity index (χ1) is 18.1. The van der Waals surface area contributed by atoms with Crippen molar-refractivity contribution in [3.05, 3.63) is 59.7 Å². The lowest BCUT2D eigenvalue weighted by molar-refractivity contribution is 0.279. The molecule has 6 nitrogen and oxygen atoms in total. The molecule has 2 rings (SSSR count). The average Bonchev–Trinajstić information content (AvgIpc) is 2.92. The molecule has 4 N–H and O–H groups in total. The van der Waals surface area contributed by atoms with E-state index in [1.807, 2.05) is 48.5 Å². The predicted octanol–water partition coefficient (Wildman–Crippen LogP) is 7.31. The minimum atomic E-state index is 0. The molecule has 0 aliphatic rings. The highest BCUT2D eigenvalue weighted by molar-refractivity contribution is 5.98. The molecule has 0 aliphatic carbocycles. The smallest absolute Gasteiger partial charge is 0.125 e. The maximum absolute atomic E-state index is 6.11. The summed E-state index contributed by atoms with van der Waals surface area (Å²) in [5.41, 5.74) is 14.1. The van der Waals surface area contributed by atoms with Gasteiger partial charge in [-0.3, -0.25) is 9.98 Å². The Morgan fingerprint density at radius 2 is 0.921 bits per heavy atom. The average molecular weight is 545 g/mol. The number of unbranched alkanes of at least 4 members (excludes halogenated alkanes) is 8. The Balaban J connectivity index is 0.00000722. The maximum Gasteiger partial charge on any atom is 0.125 e. The number of hydrogen-bond acceptors (Lipinski definition) is 4. The molecule has 0 aliphatic heterocycles. The summed E-state index contributed by atoms with van der Waals surface area (Å²) in [6, 6.07) is 15.8. The van der Waals surface area contributed by atoms with E-state index < -0.39 is 0 Å². The fraction of sp³-hybridized carbons (Fsp3) is 0.548. The number of aliphatic imine (C=N–C) groups is 2. The maximum atomic E-state index is 6.11. The summed E-state index contributed by atoms with van der Waals surface area (Å²) in [7, 11) is 0. The molecule has 38 heavy (non-hydrogen) atoms. The summed E-state index contributed by atoms with van der Waals surface area (Å²) in [5.74, 6) is 2.93. The molecule has 7 heteroatoms. The van der Waals surface area contributed by atoms with Crippen LogP contribution in [0.3, 0.4) is 0 Å². The lowest BCUT2D eigenvalue weighted by atomic mass is 10.2. The molecule has 0 spiro atoms. The van der Waals surface area contributed by atoms with Gasteiger partial charge in [0.15, 0.2) is 0 Å². The van der Waals surface area contributed by atoms with Crippen LogP contribution in [0.2, 0.25) is 0 Å². The van der Waals surface area contributed by atoms with E-state index in [9.17, 15) is 0 Å². The van der Waals surface area contributed by atoms with Crippen molar-refractivity contribution in [1.29, 1.82) is 0 Å². The minimum absolute atomic E-state index is 0. The van der Waals surface area contributed by atoms with Gasteiger partial charge in [-0.15, -0.1) is 12.4 Å². The van der Waals surface area contributed by atoms with E-state index in [0.717, 1.165) is 67.8 Å². The normalized spacial score (nSPS) is 11.7. The van der Waals surface area contributed by atoms with E-state index in [1.165, 1.54) is 38.5 Å². The first-order valence-electron chi connectivity index (χ1n) is 14.2. The quantitative estimate of drug-likeness (QED) is 0.104. The third-order valence-electron chi connectivity index (χ3n) is 6.21. The highest BCUT2D eigenvalue weighted by atomic mass is 35.5. The van der Waals surface area contributed by atoms with Crippen LogP contribution in [0.1, 0.15) is 95.6 Å². The molecule has 0 radical (unpaired) electrons. The van der Waals surface area contributed by atoms with Crippen molar-refractivity contribution < 1.29 is 9.47 Å². The number of ether oxygens (including phenoxy) is 2. The van der Waals surface area contributed by atoms with E-state index in [1.54, 1.807) is 0 Å². The van der Waals surface area contributed by atoms with Crippen LogP contribution in [-0.2, 0) is 0 Å². The van der Waals surface area contributed by atoms with Crippen molar-refractivity contribution in [2.75, 3.05) is 26.3 Å². The first-order valence-corrected chi connectivity index (χ1v) is 14.2. The standard InChI is InChI=1S/C31H48N4O2.ClH/c1-3-5-7-10-22-34-30(32)26-14-18-28(19-15-26)36-24-12-9-13-25-37-29-20-16-27(17-21-29)31(33)35-23-11-8-6-4-2;/h14-21H,3-13,22-25H2,1-2H3,(H2,32,34)(H2,33,35);1H. The minimum Gasteiger partial charge on any atom is -0.494 e. The van der Waals surface area contributed by atoms with Gasteiger partial charge < -0.3 is 20.9 Å². The van der Waals surface area contributed by atoms with Gasteiger partial charge in [-0.2, -0.15) is 0 Å². The topological polar surface area (TPSA) is 95.2 Å². The molecular weight excluding hydrogens is 496 g/mol. The van der Waals surface area contributed by atoms with E-state index in [0.29, 0.717) is 24.9 Å². The molecule has 0 atom stereocenters. The zero-order valence-corrected chi connectivity index (χ0v) is 24.3. The molecule has 0 heterocycles. The van der Waals surface area contributed by atoms with Gasteiger partial charge in [0.2, 0.25) is 0 Å². The summed E-state index contributed by atoms with van der Waals surface area (Å²) < 4.78 is 11.7. The summed E-state index contributed by atoms with van der Waals surface area (Å²) in [6.45, 7) is 7.38. The molecule has 212 valence electrons. The highest BCUT2D eigenvalue weighted by Gasteiger charge is 2.02. The van der Waals surface area contributed by atoms with Crippen molar-refractivity contribution in [2.24, 2.45) is 21.5 Å². The zero-order chi connectivity index (χ0) is 26.6. The number of benzene rings is 2. The van der Waals surface area contributed by atoms with Crippen LogP contribution in [0.4, 0.5) is 0 Å². The second-order valence-corrected chi connectivity index (χ2v) is 9.46. The van der Waals surface area contributed by atoms with Crippen LogP contribution in [0.5, 0.6) is 11.5 Å². The molecule has 0 aromatic heterocycles. The number of hydrogen-bond donors (Lipinski definition) is 2. The van der Waals surface area contributed by atoms with Gasteiger partial charge in [0, 0.05) is 24.2 Å². The number of halogens is 1. The van der Waals surface area contributed by atoms with E-state index in [2.05, 4.69) is 23.8 Å². The molecule has 0 bridgehead atoms. The lowest BCUT2D eigenvalue weighted by Crippen LogP contribution is -2.14. The monoisotopic (exact) mass is 544 g/mol. The molecule has 2 aromatic carbocycles. The van der Waals surface area contributed by atoms with Crippen molar-refractivity contribution in [1.82, 2.24) is 0 Å². The number of rotatable bonds is 20. The van der Waals surface area contributed by atoms with Crippen LogP contribution in [0.15, 0.2) is 58.5 Å². The number of nitrogens with zero attached hydrogens (tertiary/aromatic N) is 2. The van der Waals surface area contributed by atoms with E-state index in [4.69, 9.17) is 20.9 Å². The summed E-state index contributed by atoms with van der Waals surface area (Å²) in [6.07, 6.45) is 12.6. The van der Waals surface area contributed by atoms with E-state index in [-0.39, 0.29) is 12.4 Å². The van der Waals surface area contributed by atoms with Crippen molar-refractivity contribution in [3.8, 4) is 11.5 Å². The van der Waals surface area contributed by atoms with Crippen molar-refractivity contribution in [2.45, 2.75) is 84.5 Å². The Bertz CT molecular complexity index is 839. The third-order valence-corrected chi connectivity index (χ3v) is 6.21. The van der Waals surface area contributed by atoms with Crippen LogP contribution < -0.4 is 20.9 Å². The highest BCUT2D eigenvalue weighted by Crippen LogP contribution is 2.15. The molecule has 0 saturated carbocycles. The Kier molecular flexibility index (Phi) is 18.6. The fourth-order valence-electron chi connectivity index (χ4n) is 3.86. The Labute approximate surface area is 236 Å². The van der Waals surface area contributed by atoms with Gasteiger partial charge in [-0.25, -0.2) is 0 Å². The van der Waals surface area contributed by atoms with Gasteiger partial charge in [0.05, 0.1) is 13.2 Å². The van der Waals surface area contributed by atoms with Gasteiger partial charge in [0.25, 0.3) is 0 Å². The van der Waals surface area contributed by atoms with Gasteiger partial charge in [0.1, 0.15) is 23.2 Å². The Hall–Kier alpha value is -2.73. The number of nitrogens with two attached hydrogens (primary N) is 2. The fourth-order valence-corrected chi connectivity index (χ4v) is 3.86. The second kappa shape index (κ2) is 21.2. The largest absolute Gasteiger partial charge is 0.494 e. The SMILES string of the molecule is CCCCCCN=C(N)c1ccc(OCCCCCOc2ccc(C(N)=NCCCCCC)cc2)cc1.Cl. The van der Waals surface area contributed by atoms with Crippen LogP contribution in [0.25, 0.3) is 0 Å². The molecular formula is C31H49ClN4O2. The van der Waals surface area contributed by atoms with E-state index >= 15 is 0 Å². The summed E-state index contributed by atoms with van der Waals surface area (Å²) in [4.78, 5) is 8.97. The second-order valence-electron chi connectivity index (χ2n) is 9.46. The molecule has 0 unspecified atom stereocenters. The van der Waals surface area contributed by atoms with Gasteiger partial charge in [-0.05, 0) is 80.6 Å². The molecule has 0 fully saturated rings. The van der Waals surface area contributed by atoms with Crippen LogP contribution in [-0.4, -0.2) is 38.0 Å². The predicted molar refractivity (Wildman–Crippen MR) is 164 cm³/mol. The molecule has 0 saturated heterocycles. The van der Waals surface area contributed by atoms with Gasteiger partial charge in [-0.1, -0.05) is 52.4 Å².